The van der Waals surface area contributed by atoms with Gasteiger partial charge in [-0.1, -0.05) is 31.4 Å². The van der Waals surface area contributed by atoms with Crippen molar-refractivity contribution >= 4 is 29.1 Å². The minimum absolute atomic E-state index is 0.0189. The molecule has 0 aliphatic carbocycles. The third kappa shape index (κ3) is 7.14. The van der Waals surface area contributed by atoms with E-state index >= 15 is 0 Å². The summed E-state index contributed by atoms with van der Waals surface area (Å²) in [6.07, 6.45) is 3.49. The summed E-state index contributed by atoms with van der Waals surface area (Å²) in [6.45, 7) is 4.84. The highest BCUT2D eigenvalue weighted by Gasteiger charge is 2.10. The Morgan fingerprint density at radius 2 is 1.81 bits per heavy atom. The van der Waals surface area contributed by atoms with Gasteiger partial charge in [0.1, 0.15) is 0 Å². The normalized spacial score (nSPS) is 10.2. The molecule has 4 nitrogen and oxygen atoms in total. The Bertz CT molecular complexity index is 460. The third-order valence-electron chi connectivity index (χ3n) is 3.21. The summed E-state index contributed by atoms with van der Waals surface area (Å²) in [5.74, 6) is -0.0792. The first-order valence-corrected chi connectivity index (χ1v) is 7.71. The summed E-state index contributed by atoms with van der Waals surface area (Å²) in [7, 11) is 0. The van der Waals surface area contributed by atoms with Gasteiger partial charge in [0.2, 0.25) is 11.8 Å². The molecular weight excluding hydrogens is 288 g/mol. The predicted molar refractivity (Wildman–Crippen MR) is 86.5 cm³/mol. The number of anilines is 1. The number of amides is 2. The van der Waals surface area contributed by atoms with Crippen LogP contribution in [0.25, 0.3) is 0 Å². The number of nitrogens with zero attached hydrogens (tertiary/aromatic N) is 1. The predicted octanol–water partition coefficient (Wildman–Crippen LogP) is 3.71. The number of nitrogens with one attached hydrogen (secondary N) is 1. The minimum atomic E-state index is -0.0981. The van der Waals surface area contributed by atoms with Gasteiger partial charge in [-0.05, 0) is 30.7 Å². The Balaban J connectivity index is 2.38. The summed E-state index contributed by atoms with van der Waals surface area (Å²) in [4.78, 5) is 25.1. The van der Waals surface area contributed by atoms with E-state index in [1.165, 1.54) is 0 Å². The molecule has 2 amide bonds. The van der Waals surface area contributed by atoms with Crippen LogP contribution in [0.2, 0.25) is 5.02 Å². The van der Waals surface area contributed by atoms with Crippen molar-refractivity contribution in [2.45, 2.75) is 39.5 Å². The summed E-state index contributed by atoms with van der Waals surface area (Å²) < 4.78 is 0. The molecule has 0 radical (unpaired) electrons. The number of carbonyl (C=O) groups is 2. The van der Waals surface area contributed by atoms with Crippen LogP contribution in [-0.2, 0) is 9.59 Å². The van der Waals surface area contributed by atoms with Crippen LogP contribution in [0.15, 0.2) is 24.3 Å². The second-order valence-corrected chi connectivity index (χ2v) is 5.45. The molecule has 116 valence electrons. The van der Waals surface area contributed by atoms with Crippen molar-refractivity contribution in [2.24, 2.45) is 0 Å². The molecule has 0 heterocycles. The highest BCUT2D eigenvalue weighted by molar-refractivity contribution is 6.30. The highest BCUT2D eigenvalue weighted by atomic mass is 35.5. The molecule has 0 aliphatic rings. The van der Waals surface area contributed by atoms with Gasteiger partial charge >= 0.3 is 0 Å². The summed E-state index contributed by atoms with van der Waals surface area (Å²) in [6, 6.07) is 6.96. The zero-order chi connectivity index (χ0) is 15.7. The van der Waals surface area contributed by atoms with Crippen LogP contribution in [-0.4, -0.2) is 29.8 Å². The van der Waals surface area contributed by atoms with Gasteiger partial charge in [0, 0.05) is 37.1 Å². The van der Waals surface area contributed by atoms with Gasteiger partial charge < -0.3 is 10.2 Å². The molecule has 0 aliphatic heterocycles. The largest absolute Gasteiger partial charge is 0.342 e. The van der Waals surface area contributed by atoms with Crippen LogP contribution in [0.3, 0.4) is 0 Å². The van der Waals surface area contributed by atoms with E-state index in [2.05, 4.69) is 12.2 Å². The average Bonchev–Trinajstić information content (AvgIpc) is 2.44. The lowest BCUT2D eigenvalue weighted by Gasteiger charge is -2.20. The van der Waals surface area contributed by atoms with Gasteiger partial charge in [0.15, 0.2) is 0 Å². The maximum absolute atomic E-state index is 11.9. The number of unbranched alkanes of at least 4 members (excludes halogenated alkanes) is 2. The topological polar surface area (TPSA) is 49.4 Å². The maximum Gasteiger partial charge on any atom is 0.226 e. The minimum Gasteiger partial charge on any atom is -0.342 e. The van der Waals surface area contributed by atoms with E-state index in [0.29, 0.717) is 23.7 Å². The Morgan fingerprint density at radius 3 is 2.38 bits per heavy atom. The standard InChI is InChI=1S/C16H23ClN2O2/c1-3-4-5-11-19(13(2)20)12-10-16(21)18-15-8-6-14(17)7-9-15/h6-9H,3-5,10-12H2,1-2H3,(H,18,21). The monoisotopic (exact) mass is 310 g/mol. The van der Waals surface area contributed by atoms with Gasteiger partial charge in [-0.3, -0.25) is 9.59 Å². The van der Waals surface area contributed by atoms with E-state index in [-0.39, 0.29) is 11.8 Å². The lowest BCUT2D eigenvalue weighted by Crippen LogP contribution is -2.32. The molecule has 0 spiro atoms. The average molecular weight is 311 g/mol. The first-order chi connectivity index (χ1) is 10.0. The van der Waals surface area contributed by atoms with Crippen molar-refractivity contribution in [3.8, 4) is 0 Å². The molecule has 1 rings (SSSR count). The lowest BCUT2D eigenvalue weighted by atomic mass is 10.2. The molecular formula is C16H23ClN2O2. The maximum atomic E-state index is 11.9. The Hall–Kier alpha value is -1.55. The fraction of sp³-hybridized carbons (Fsp3) is 0.500. The number of halogens is 1. The fourth-order valence-electron chi connectivity index (χ4n) is 1.97. The third-order valence-corrected chi connectivity index (χ3v) is 3.47. The van der Waals surface area contributed by atoms with Crippen molar-refractivity contribution in [1.82, 2.24) is 4.90 Å². The zero-order valence-electron chi connectivity index (χ0n) is 12.7. The molecule has 0 fully saturated rings. The molecule has 0 saturated heterocycles. The smallest absolute Gasteiger partial charge is 0.226 e. The molecule has 0 bridgehead atoms. The number of hydrogen-bond acceptors (Lipinski definition) is 2. The highest BCUT2D eigenvalue weighted by Crippen LogP contribution is 2.13. The summed E-state index contributed by atoms with van der Waals surface area (Å²) in [5, 5.41) is 3.43. The second kappa shape index (κ2) is 9.40. The molecule has 0 unspecified atom stereocenters. The number of benzene rings is 1. The fourth-order valence-corrected chi connectivity index (χ4v) is 2.10. The molecule has 0 saturated carbocycles. The molecule has 21 heavy (non-hydrogen) atoms. The quantitative estimate of drug-likeness (QED) is 0.744. The zero-order valence-corrected chi connectivity index (χ0v) is 13.4. The van der Waals surface area contributed by atoms with Crippen LogP contribution in [0, 0.1) is 0 Å². The molecule has 0 aromatic heterocycles. The van der Waals surface area contributed by atoms with Crippen molar-refractivity contribution in [1.29, 1.82) is 0 Å². The van der Waals surface area contributed by atoms with Gasteiger partial charge in [-0.25, -0.2) is 0 Å². The molecule has 1 aromatic carbocycles. The molecule has 5 heteroatoms. The second-order valence-electron chi connectivity index (χ2n) is 5.02. The van der Waals surface area contributed by atoms with Crippen molar-refractivity contribution in [3.63, 3.8) is 0 Å². The molecule has 0 atom stereocenters. The Labute approximate surface area is 131 Å². The van der Waals surface area contributed by atoms with E-state index in [9.17, 15) is 9.59 Å². The first-order valence-electron chi connectivity index (χ1n) is 7.34. The Morgan fingerprint density at radius 1 is 1.14 bits per heavy atom. The number of rotatable bonds is 8. The van der Waals surface area contributed by atoms with Gasteiger partial charge in [-0.2, -0.15) is 0 Å². The van der Waals surface area contributed by atoms with Gasteiger partial charge in [-0.15, -0.1) is 0 Å². The van der Waals surface area contributed by atoms with E-state index in [1.807, 2.05) is 0 Å². The van der Waals surface area contributed by atoms with E-state index < -0.39 is 0 Å². The first kappa shape index (κ1) is 17.5. The van der Waals surface area contributed by atoms with Gasteiger partial charge in [0.05, 0.1) is 0 Å². The van der Waals surface area contributed by atoms with Crippen LogP contribution < -0.4 is 5.32 Å². The summed E-state index contributed by atoms with van der Waals surface area (Å²) >= 11 is 5.79. The van der Waals surface area contributed by atoms with Crippen molar-refractivity contribution < 1.29 is 9.59 Å². The van der Waals surface area contributed by atoms with Crippen LogP contribution in [0.5, 0.6) is 0 Å². The van der Waals surface area contributed by atoms with Crippen LogP contribution in [0.1, 0.15) is 39.5 Å². The number of hydrogen-bond donors (Lipinski definition) is 1. The van der Waals surface area contributed by atoms with Crippen LogP contribution >= 0.6 is 11.6 Å². The van der Waals surface area contributed by atoms with Crippen molar-refractivity contribution in [2.75, 3.05) is 18.4 Å². The summed E-state index contributed by atoms with van der Waals surface area (Å²) in [5.41, 5.74) is 0.713. The van der Waals surface area contributed by atoms with E-state index in [1.54, 1.807) is 36.1 Å². The lowest BCUT2D eigenvalue weighted by molar-refractivity contribution is -0.129. The van der Waals surface area contributed by atoms with E-state index in [4.69, 9.17) is 11.6 Å². The van der Waals surface area contributed by atoms with Gasteiger partial charge in [0.25, 0.3) is 0 Å². The SMILES string of the molecule is CCCCCN(CCC(=O)Nc1ccc(Cl)cc1)C(C)=O. The van der Waals surface area contributed by atoms with Crippen molar-refractivity contribution in [3.05, 3.63) is 29.3 Å². The van der Waals surface area contributed by atoms with E-state index in [0.717, 1.165) is 25.8 Å². The number of carbonyl (C=O) groups excluding carboxylic acids is 2. The Kier molecular flexibility index (Phi) is 7.83. The van der Waals surface area contributed by atoms with Crippen LogP contribution in [0.4, 0.5) is 5.69 Å². The molecule has 1 aromatic rings. The molecule has 1 N–H and O–H groups in total.